The highest BCUT2D eigenvalue weighted by Gasteiger charge is 2.14. The van der Waals surface area contributed by atoms with Gasteiger partial charge in [-0.3, -0.25) is 0 Å². The molecule has 0 aliphatic heterocycles. The molecule has 1 aromatic carbocycles. The van der Waals surface area contributed by atoms with Crippen molar-refractivity contribution in [1.82, 2.24) is 9.78 Å². The summed E-state index contributed by atoms with van der Waals surface area (Å²) in [5.41, 5.74) is 1.31. The van der Waals surface area contributed by atoms with Crippen molar-refractivity contribution in [2.75, 3.05) is 0 Å². The topological polar surface area (TPSA) is 78.9 Å². The number of hydrogen-bond donors (Lipinski definition) is 1. The number of rotatable bonds is 2. The van der Waals surface area contributed by atoms with Crippen LogP contribution in [0.5, 0.6) is 0 Å². The van der Waals surface area contributed by atoms with E-state index in [1.54, 1.807) is 24.3 Å². The van der Waals surface area contributed by atoms with E-state index in [0.29, 0.717) is 15.9 Å². The number of benzene rings is 1. The van der Waals surface area contributed by atoms with Gasteiger partial charge in [-0.05, 0) is 40.2 Å². The van der Waals surface area contributed by atoms with Crippen LogP contribution in [0, 0.1) is 11.3 Å². The first-order chi connectivity index (χ1) is 8.13. The Hall–Kier alpha value is -2.13. The van der Waals surface area contributed by atoms with Gasteiger partial charge in [0.05, 0.1) is 23.5 Å². The van der Waals surface area contributed by atoms with Gasteiger partial charge in [0.2, 0.25) is 0 Å². The Bertz CT molecular complexity index is 611. The molecule has 84 valence electrons. The molecule has 1 N–H and O–H groups in total. The number of halogens is 1. The molecule has 2 rings (SSSR count). The molecule has 0 aliphatic rings. The minimum atomic E-state index is -1.04. The monoisotopic (exact) mass is 291 g/mol. The van der Waals surface area contributed by atoms with Gasteiger partial charge in [-0.15, -0.1) is 0 Å². The van der Waals surface area contributed by atoms with Crippen LogP contribution in [0.3, 0.4) is 0 Å². The number of aromatic carboxylic acids is 1. The Balaban J connectivity index is 2.47. The molecule has 1 heterocycles. The van der Waals surface area contributed by atoms with E-state index in [9.17, 15) is 4.79 Å². The number of carbonyl (C=O) groups is 1. The van der Waals surface area contributed by atoms with Crippen molar-refractivity contribution in [2.45, 2.75) is 0 Å². The van der Waals surface area contributed by atoms with E-state index < -0.39 is 5.97 Å². The minimum Gasteiger partial charge on any atom is -0.478 e. The van der Waals surface area contributed by atoms with Gasteiger partial charge >= 0.3 is 5.97 Å². The number of hydrogen-bond acceptors (Lipinski definition) is 3. The van der Waals surface area contributed by atoms with Crippen LogP contribution in [0.1, 0.15) is 15.9 Å². The quantitative estimate of drug-likeness (QED) is 0.920. The van der Waals surface area contributed by atoms with Gasteiger partial charge in [0, 0.05) is 0 Å². The number of carboxylic acids is 1. The van der Waals surface area contributed by atoms with Crippen LogP contribution >= 0.6 is 15.9 Å². The Kier molecular flexibility index (Phi) is 2.93. The molecule has 0 radical (unpaired) electrons. The predicted molar refractivity (Wildman–Crippen MR) is 62.9 cm³/mol. The fourth-order valence-corrected chi connectivity index (χ4v) is 1.90. The Morgan fingerprint density at radius 3 is 2.53 bits per heavy atom. The minimum absolute atomic E-state index is 0.0920. The highest BCUT2D eigenvalue weighted by Crippen LogP contribution is 2.20. The molecule has 0 fully saturated rings. The highest BCUT2D eigenvalue weighted by atomic mass is 79.9. The predicted octanol–water partition coefficient (Wildman–Crippen LogP) is 2.20. The average molecular weight is 292 g/mol. The lowest BCUT2D eigenvalue weighted by atomic mass is 10.2. The molecule has 0 saturated carbocycles. The lowest BCUT2D eigenvalue weighted by Crippen LogP contribution is -1.99. The lowest BCUT2D eigenvalue weighted by molar-refractivity contribution is 0.0696. The first-order valence-electron chi connectivity index (χ1n) is 4.61. The van der Waals surface area contributed by atoms with E-state index in [-0.39, 0.29) is 5.56 Å². The molecular weight excluding hydrogens is 286 g/mol. The first-order valence-corrected chi connectivity index (χ1v) is 5.40. The molecule has 5 nitrogen and oxygen atoms in total. The van der Waals surface area contributed by atoms with E-state index >= 15 is 0 Å². The van der Waals surface area contributed by atoms with Gasteiger partial charge in [-0.1, -0.05) is 0 Å². The van der Waals surface area contributed by atoms with Crippen molar-refractivity contribution in [1.29, 1.82) is 5.26 Å². The van der Waals surface area contributed by atoms with Crippen LogP contribution in [-0.2, 0) is 0 Å². The molecule has 0 atom stereocenters. The van der Waals surface area contributed by atoms with Crippen molar-refractivity contribution in [2.24, 2.45) is 0 Å². The average Bonchev–Trinajstić information content (AvgIpc) is 2.71. The molecule has 0 unspecified atom stereocenters. The second-order valence-electron chi connectivity index (χ2n) is 3.22. The number of nitriles is 1. The molecule has 6 heteroatoms. The first kappa shape index (κ1) is 11.4. The summed E-state index contributed by atoms with van der Waals surface area (Å²) in [6, 6.07) is 8.69. The second-order valence-corrected chi connectivity index (χ2v) is 3.98. The Labute approximate surface area is 105 Å². The molecule has 0 bridgehead atoms. The van der Waals surface area contributed by atoms with Gasteiger partial charge in [0.1, 0.15) is 10.2 Å². The smallest absolute Gasteiger partial charge is 0.340 e. The fraction of sp³-hybridized carbons (Fsp3) is 0. The standard InChI is InChI=1S/C11H6BrN3O2/c12-10-9(11(16)17)6-14-15(10)8-3-1-7(5-13)2-4-8/h1-4,6H,(H,16,17). The van der Waals surface area contributed by atoms with Gasteiger partial charge < -0.3 is 5.11 Å². The maximum Gasteiger partial charge on any atom is 0.340 e. The number of nitrogens with zero attached hydrogens (tertiary/aromatic N) is 3. The third kappa shape index (κ3) is 2.05. The third-order valence-corrected chi connectivity index (χ3v) is 2.94. The molecule has 0 saturated heterocycles. The molecule has 0 amide bonds. The fourth-order valence-electron chi connectivity index (χ4n) is 1.33. The van der Waals surface area contributed by atoms with Crippen LogP contribution in [0.2, 0.25) is 0 Å². The van der Waals surface area contributed by atoms with Gasteiger partial charge in [0.25, 0.3) is 0 Å². The van der Waals surface area contributed by atoms with Gasteiger partial charge in [-0.25, -0.2) is 9.48 Å². The van der Waals surface area contributed by atoms with Gasteiger partial charge in [-0.2, -0.15) is 10.4 Å². The van der Waals surface area contributed by atoms with Crippen LogP contribution in [0.15, 0.2) is 35.1 Å². The van der Waals surface area contributed by atoms with E-state index in [1.807, 2.05) is 6.07 Å². The largest absolute Gasteiger partial charge is 0.478 e. The van der Waals surface area contributed by atoms with Crippen LogP contribution < -0.4 is 0 Å². The van der Waals surface area contributed by atoms with Crippen LogP contribution in [0.4, 0.5) is 0 Å². The molecular formula is C11H6BrN3O2. The van der Waals surface area contributed by atoms with Crippen LogP contribution in [-0.4, -0.2) is 20.9 Å². The van der Waals surface area contributed by atoms with E-state index in [0.717, 1.165) is 0 Å². The Morgan fingerprint density at radius 2 is 2.06 bits per heavy atom. The zero-order valence-electron chi connectivity index (χ0n) is 8.46. The van der Waals surface area contributed by atoms with Crippen molar-refractivity contribution in [3.8, 4) is 11.8 Å². The molecule has 1 aromatic heterocycles. The van der Waals surface area contributed by atoms with Crippen molar-refractivity contribution >= 4 is 21.9 Å². The summed E-state index contributed by atoms with van der Waals surface area (Å²) in [5.74, 6) is -1.04. The maximum absolute atomic E-state index is 10.8. The van der Waals surface area contributed by atoms with Crippen molar-refractivity contribution in [3.05, 3.63) is 46.2 Å². The molecule has 2 aromatic rings. The normalized spacial score (nSPS) is 9.88. The van der Waals surface area contributed by atoms with E-state index in [1.165, 1.54) is 10.9 Å². The summed E-state index contributed by atoms with van der Waals surface area (Å²) in [5, 5.41) is 21.5. The van der Waals surface area contributed by atoms with Crippen molar-refractivity contribution < 1.29 is 9.90 Å². The number of aromatic nitrogens is 2. The summed E-state index contributed by atoms with van der Waals surface area (Å²) < 4.78 is 1.82. The summed E-state index contributed by atoms with van der Waals surface area (Å²) in [4.78, 5) is 10.8. The Morgan fingerprint density at radius 1 is 1.41 bits per heavy atom. The van der Waals surface area contributed by atoms with Crippen molar-refractivity contribution in [3.63, 3.8) is 0 Å². The summed E-state index contributed by atoms with van der Waals surface area (Å²) in [7, 11) is 0. The summed E-state index contributed by atoms with van der Waals surface area (Å²) in [6.07, 6.45) is 1.27. The zero-order chi connectivity index (χ0) is 12.4. The summed E-state index contributed by atoms with van der Waals surface area (Å²) in [6.45, 7) is 0. The summed E-state index contributed by atoms with van der Waals surface area (Å²) >= 11 is 3.18. The third-order valence-electron chi connectivity index (χ3n) is 2.18. The SMILES string of the molecule is N#Cc1ccc(-n2ncc(C(=O)O)c2Br)cc1. The number of carboxylic acid groups (broad SMARTS) is 1. The van der Waals surface area contributed by atoms with Crippen LogP contribution in [0.25, 0.3) is 5.69 Å². The molecule has 0 aliphatic carbocycles. The van der Waals surface area contributed by atoms with E-state index in [2.05, 4.69) is 21.0 Å². The zero-order valence-corrected chi connectivity index (χ0v) is 10.0. The van der Waals surface area contributed by atoms with E-state index in [4.69, 9.17) is 10.4 Å². The maximum atomic E-state index is 10.8. The molecule has 17 heavy (non-hydrogen) atoms. The van der Waals surface area contributed by atoms with Gasteiger partial charge in [0.15, 0.2) is 0 Å². The lowest BCUT2D eigenvalue weighted by Gasteiger charge is -2.02. The second kappa shape index (κ2) is 4.39. The highest BCUT2D eigenvalue weighted by molar-refractivity contribution is 9.10. The molecule has 0 spiro atoms.